The average molecular weight is 262 g/mol. The fourth-order valence-corrected chi connectivity index (χ4v) is 1.44. The maximum atomic E-state index is 11.8. The van der Waals surface area contributed by atoms with Crippen molar-refractivity contribution in [3.63, 3.8) is 0 Å². The highest BCUT2D eigenvalue weighted by molar-refractivity contribution is 5.94. The Hall–Kier alpha value is -2.04. The SMILES string of the molecule is CC(N=C(N)Nc1ccccc1)C(=O)NC(C)(C)C. The molecular weight excluding hydrogens is 240 g/mol. The lowest BCUT2D eigenvalue weighted by atomic mass is 10.1. The summed E-state index contributed by atoms with van der Waals surface area (Å²) >= 11 is 0. The average Bonchev–Trinajstić information content (AvgIpc) is 2.27. The quantitative estimate of drug-likeness (QED) is 0.573. The van der Waals surface area contributed by atoms with Crippen molar-refractivity contribution in [3.8, 4) is 0 Å². The van der Waals surface area contributed by atoms with Gasteiger partial charge >= 0.3 is 0 Å². The van der Waals surface area contributed by atoms with E-state index < -0.39 is 6.04 Å². The number of hydrogen-bond donors (Lipinski definition) is 3. The highest BCUT2D eigenvalue weighted by atomic mass is 16.2. The van der Waals surface area contributed by atoms with Gasteiger partial charge in [-0.15, -0.1) is 0 Å². The summed E-state index contributed by atoms with van der Waals surface area (Å²) in [5, 5.41) is 5.80. The number of para-hydroxylation sites is 1. The monoisotopic (exact) mass is 262 g/mol. The van der Waals surface area contributed by atoms with Crippen LogP contribution in [0.2, 0.25) is 0 Å². The summed E-state index contributed by atoms with van der Waals surface area (Å²) in [6, 6.07) is 8.93. The van der Waals surface area contributed by atoms with Gasteiger partial charge in [0.25, 0.3) is 0 Å². The van der Waals surface area contributed by atoms with E-state index in [0.717, 1.165) is 5.69 Å². The number of guanidine groups is 1. The van der Waals surface area contributed by atoms with E-state index >= 15 is 0 Å². The zero-order valence-corrected chi connectivity index (χ0v) is 11.9. The van der Waals surface area contributed by atoms with Gasteiger partial charge in [0.05, 0.1) is 0 Å². The molecule has 0 bridgehead atoms. The number of amides is 1. The molecule has 0 saturated heterocycles. The number of nitrogens with zero attached hydrogens (tertiary/aromatic N) is 1. The lowest BCUT2D eigenvalue weighted by Gasteiger charge is -2.22. The molecule has 0 aromatic heterocycles. The van der Waals surface area contributed by atoms with E-state index in [0.29, 0.717) is 0 Å². The largest absolute Gasteiger partial charge is 0.370 e. The fourth-order valence-electron chi connectivity index (χ4n) is 1.44. The van der Waals surface area contributed by atoms with Crippen molar-refractivity contribution in [3.05, 3.63) is 30.3 Å². The molecule has 19 heavy (non-hydrogen) atoms. The van der Waals surface area contributed by atoms with Gasteiger partial charge in [0.15, 0.2) is 5.96 Å². The number of benzene rings is 1. The molecule has 0 radical (unpaired) electrons. The summed E-state index contributed by atoms with van der Waals surface area (Å²) in [5.41, 5.74) is 6.33. The van der Waals surface area contributed by atoms with Crippen molar-refractivity contribution in [2.45, 2.75) is 39.3 Å². The van der Waals surface area contributed by atoms with Crippen LogP contribution in [0.25, 0.3) is 0 Å². The van der Waals surface area contributed by atoms with Gasteiger partial charge in [-0.05, 0) is 39.8 Å². The molecule has 0 aliphatic rings. The molecular formula is C14H22N4O. The van der Waals surface area contributed by atoms with Crippen LogP contribution in [0.4, 0.5) is 5.69 Å². The van der Waals surface area contributed by atoms with E-state index in [9.17, 15) is 4.79 Å². The Morgan fingerprint density at radius 2 is 1.84 bits per heavy atom. The van der Waals surface area contributed by atoms with Crippen LogP contribution >= 0.6 is 0 Å². The minimum Gasteiger partial charge on any atom is -0.370 e. The Labute approximate surface area is 114 Å². The highest BCUT2D eigenvalue weighted by Gasteiger charge is 2.18. The number of carbonyl (C=O) groups excluding carboxylic acids is 1. The topological polar surface area (TPSA) is 79.5 Å². The van der Waals surface area contributed by atoms with Crippen molar-refractivity contribution >= 4 is 17.6 Å². The van der Waals surface area contributed by atoms with Gasteiger partial charge in [-0.1, -0.05) is 18.2 Å². The van der Waals surface area contributed by atoms with Gasteiger partial charge in [0.1, 0.15) is 6.04 Å². The lowest BCUT2D eigenvalue weighted by molar-refractivity contribution is -0.123. The molecule has 1 rings (SSSR count). The molecule has 0 aliphatic carbocycles. The lowest BCUT2D eigenvalue weighted by Crippen LogP contribution is -2.45. The molecule has 1 amide bonds. The first-order valence-electron chi connectivity index (χ1n) is 6.25. The Morgan fingerprint density at radius 1 is 1.26 bits per heavy atom. The van der Waals surface area contributed by atoms with Crippen LogP contribution in [-0.2, 0) is 4.79 Å². The molecule has 1 atom stereocenters. The Bertz CT molecular complexity index is 448. The first kappa shape index (κ1) is 15.0. The second kappa shape index (κ2) is 6.22. The summed E-state index contributed by atoms with van der Waals surface area (Å²) < 4.78 is 0. The molecule has 5 heteroatoms. The third-order valence-electron chi connectivity index (χ3n) is 2.26. The summed E-state index contributed by atoms with van der Waals surface area (Å²) in [6.07, 6.45) is 0. The molecule has 1 unspecified atom stereocenters. The van der Waals surface area contributed by atoms with Crippen LogP contribution in [0, 0.1) is 0 Å². The molecule has 4 N–H and O–H groups in total. The number of rotatable bonds is 3. The molecule has 0 spiro atoms. The van der Waals surface area contributed by atoms with Crippen molar-refractivity contribution < 1.29 is 4.79 Å². The van der Waals surface area contributed by atoms with Gasteiger partial charge in [0, 0.05) is 11.2 Å². The van der Waals surface area contributed by atoms with E-state index in [2.05, 4.69) is 15.6 Å². The third-order valence-corrected chi connectivity index (χ3v) is 2.26. The van der Waals surface area contributed by atoms with E-state index in [1.807, 2.05) is 51.1 Å². The minimum absolute atomic E-state index is 0.148. The van der Waals surface area contributed by atoms with Crippen LogP contribution < -0.4 is 16.4 Å². The predicted octanol–water partition coefficient (Wildman–Crippen LogP) is 1.72. The van der Waals surface area contributed by atoms with Gasteiger partial charge in [-0.3, -0.25) is 4.79 Å². The van der Waals surface area contributed by atoms with Crippen molar-refractivity contribution in [2.75, 3.05) is 5.32 Å². The van der Waals surface area contributed by atoms with Gasteiger partial charge in [0.2, 0.25) is 5.91 Å². The number of aliphatic imine (C=N–C) groups is 1. The molecule has 104 valence electrons. The van der Waals surface area contributed by atoms with E-state index in [1.165, 1.54) is 0 Å². The van der Waals surface area contributed by atoms with E-state index in [4.69, 9.17) is 5.73 Å². The molecule has 1 aromatic rings. The van der Waals surface area contributed by atoms with Crippen LogP contribution in [0.15, 0.2) is 35.3 Å². The first-order valence-corrected chi connectivity index (χ1v) is 6.25. The van der Waals surface area contributed by atoms with Crippen molar-refractivity contribution in [2.24, 2.45) is 10.7 Å². The summed E-state index contributed by atoms with van der Waals surface area (Å²) in [7, 11) is 0. The fraction of sp³-hybridized carbons (Fsp3) is 0.429. The van der Waals surface area contributed by atoms with E-state index in [-0.39, 0.29) is 17.4 Å². The van der Waals surface area contributed by atoms with Gasteiger partial charge in [-0.25, -0.2) is 4.99 Å². The third kappa shape index (κ3) is 5.90. The zero-order chi connectivity index (χ0) is 14.5. The summed E-state index contributed by atoms with van der Waals surface area (Å²) in [6.45, 7) is 7.48. The molecule has 1 aromatic carbocycles. The summed E-state index contributed by atoms with van der Waals surface area (Å²) in [4.78, 5) is 16.0. The molecule has 0 fully saturated rings. The number of hydrogen-bond acceptors (Lipinski definition) is 2. The van der Waals surface area contributed by atoms with E-state index in [1.54, 1.807) is 6.92 Å². The predicted molar refractivity (Wildman–Crippen MR) is 79.0 cm³/mol. The Kier molecular flexibility index (Phi) is 4.92. The van der Waals surface area contributed by atoms with Crippen LogP contribution in [0.1, 0.15) is 27.7 Å². The molecule has 0 aliphatic heterocycles. The number of anilines is 1. The molecule has 5 nitrogen and oxygen atoms in total. The van der Waals surface area contributed by atoms with Gasteiger partial charge < -0.3 is 16.4 Å². The van der Waals surface area contributed by atoms with Crippen LogP contribution in [0.5, 0.6) is 0 Å². The highest BCUT2D eigenvalue weighted by Crippen LogP contribution is 2.05. The van der Waals surface area contributed by atoms with Crippen LogP contribution in [0.3, 0.4) is 0 Å². The Morgan fingerprint density at radius 3 is 2.37 bits per heavy atom. The maximum absolute atomic E-state index is 11.8. The maximum Gasteiger partial charge on any atom is 0.245 e. The smallest absolute Gasteiger partial charge is 0.245 e. The van der Waals surface area contributed by atoms with Crippen molar-refractivity contribution in [1.82, 2.24) is 5.32 Å². The Balaban J connectivity index is 2.61. The zero-order valence-electron chi connectivity index (χ0n) is 11.9. The number of carbonyl (C=O) groups is 1. The molecule has 0 heterocycles. The van der Waals surface area contributed by atoms with Crippen LogP contribution in [-0.4, -0.2) is 23.4 Å². The minimum atomic E-state index is -0.532. The number of nitrogens with one attached hydrogen (secondary N) is 2. The van der Waals surface area contributed by atoms with Crippen molar-refractivity contribution in [1.29, 1.82) is 0 Å². The number of nitrogens with two attached hydrogens (primary N) is 1. The second-order valence-corrected chi connectivity index (χ2v) is 5.42. The second-order valence-electron chi connectivity index (χ2n) is 5.42. The van der Waals surface area contributed by atoms with Gasteiger partial charge in [-0.2, -0.15) is 0 Å². The standard InChI is InChI=1S/C14H22N4O/c1-10(12(19)18-14(2,3)4)16-13(15)17-11-8-6-5-7-9-11/h5-10H,1-4H3,(H,18,19)(H3,15,16,17). The summed E-state index contributed by atoms with van der Waals surface area (Å²) in [5.74, 6) is 0.0769. The normalized spacial score (nSPS) is 13.8. The first-order chi connectivity index (χ1) is 8.78. The molecule has 0 saturated carbocycles.